The molecule has 0 spiro atoms. The van der Waals surface area contributed by atoms with E-state index in [1.807, 2.05) is 4.98 Å². The Labute approximate surface area is 149 Å². The van der Waals surface area contributed by atoms with Crippen LogP contribution in [0, 0.1) is 5.82 Å². The van der Waals surface area contributed by atoms with Crippen molar-refractivity contribution in [2.24, 2.45) is 0 Å². The standard InChI is InChI=1S/C17H25FN2O6/c1-2-3-4-5-6-7-15(22)26-12-8-14(25-13(12)10-21)20-9-11(18)16(23)19-17(20)24/h9,12-14,21H,2-8,10H2,1H3,(H,19,23,24)/t12-,13+,14+/m0/s1. The van der Waals surface area contributed by atoms with E-state index in [4.69, 9.17) is 9.47 Å². The van der Waals surface area contributed by atoms with Crippen molar-refractivity contribution in [3.63, 3.8) is 0 Å². The lowest BCUT2D eigenvalue weighted by Crippen LogP contribution is -2.34. The van der Waals surface area contributed by atoms with Gasteiger partial charge in [0.15, 0.2) is 0 Å². The van der Waals surface area contributed by atoms with Crippen LogP contribution in [0.3, 0.4) is 0 Å². The third kappa shape index (κ3) is 5.25. The molecule has 2 N–H and O–H groups in total. The Kier molecular flexibility index (Phi) is 7.52. The van der Waals surface area contributed by atoms with Crippen molar-refractivity contribution in [3.05, 3.63) is 32.9 Å². The molecule has 0 unspecified atom stereocenters. The zero-order chi connectivity index (χ0) is 19.1. The van der Waals surface area contributed by atoms with Gasteiger partial charge in [0.1, 0.15) is 18.4 Å². The largest absolute Gasteiger partial charge is 0.459 e. The summed E-state index contributed by atoms with van der Waals surface area (Å²) in [5.41, 5.74) is -1.95. The van der Waals surface area contributed by atoms with E-state index < -0.39 is 48.1 Å². The third-order valence-electron chi connectivity index (χ3n) is 4.36. The molecule has 2 rings (SSSR count). The highest BCUT2D eigenvalue weighted by molar-refractivity contribution is 5.69. The Morgan fingerprint density at radius 3 is 2.81 bits per heavy atom. The van der Waals surface area contributed by atoms with Crippen LogP contribution in [-0.2, 0) is 14.3 Å². The molecule has 146 valence electrons. The van der Waals surface area contributed by atoms with Gasteiger partial charge in [-0.2, -0.15) is 4.39 Å². The fraction of sp³-hybridized carbons (Fsp3) is 0.706. The number of aromatic nitrogens is 2. The van der Waals surface area contributed by atoms with Gasteiger partial charge in [-0.25, -0.2) is 4.79 Å². The number of hydrogen-bond donors (Lipinski definition) is 2. The molecule has 1 aliphatic heterocycles. The molecular weight excluding hydrogens is 347 g/mol. The maximum atomic E-state index is 13.4. The number of aromatic amines is 1. The third-order valence-corrected chi connectivity index (χ3v) is 4.36. The summed E-state index contributed by atoms with van der Waals surface area (Å²) in [6, 6.07) is 0. The number of hydrogen-bond acceptors (Lipinski definition) is 6. The lowest BCUT2D eigenvalue weighted by Gasteiger charge is -2.16. The average molecular weight is 372 g/mol. The molecule has 8 nitrogen and oxygen atoms in total. The van der Waals surface area contributed by atoms with Crippen LogP contribution in [0.25, 0.3) is 0 Å². The monoisotopic (exact) mass is 372 g/mol. The summed E-state index contributed by atoms with van der Waals surface area (Å²) in [7, 11) is 0. The quantitative estimate of drug-likeness (QED) is 0.498. The summed E-state index contributed by atoms with van der Waals surface area (Å²) >= 11 is 0. The molecule has 0 aromatic carbocycles. The zero-order valence-corrected chi connectivity index (χ0v) is 14.8. The van der Waals surface area contributed by atoms with Crippen LogP contribution < -0.4 is 11.2 Å². The number of carbonyl (C=O) groups excluding carboxylic acids is 1. The molecule has 0 bridgehead atoms. The number of aliphatic hydroxyl groups is 1. The van der Waals surface area contributed by atoms with Crippen molar-refractivity contribution in [1.82, 2.24) is 9.55 Å². The maximum absolute atomic E-state index is 13.4. The van der Waals surface area contributed by atoms with Gasteiger partial charge in [-0.15, -0.1) is 0 Å². The Balaban J connectivity index is 1.94. The number of rotatable bonds is 9. The molecule has 2 heterocycles. The van der Waals surface area contributed by atoms with E-state index in [1.54, 1.807) is 0 Å². The van der Waals surface area contributed by atoms with Crippen LogP contribution in [0.2, 0.25) is 0 Å². The summed E-state index contributed by atoms with van der Waals surface area (Å²) in [5.74, 6) is -1.52. The Bertz CT molecular complexity index is 716. The first-order chi connectivity index (χ1) is 12.5. The van der Waals surface area contributed by atoms with Crippen molar-refractivity contribution < 1.29 is 23.8 Å². The minimum Gasteiger partial charge on any atom is -0.459 e. The van der Waals surface area contributed by atoms with E-state index in [0.717, 1.165) is 42.9 Å². The van der Waals surface area contributed by atoms with Crippen molar-refractivity contribution in [2.45, 2.75) is 70.3 Å². The number of nitrogens with one attached hydrogen (secondary N) is 1. The normalized spacial score (nSPS) is 22.5. The molecule has 3 atom stereocenters. The second-order valence-corrected chi connectivity index (χ2v) is 6.38. The van der Waals surface area contributed by atoms with Crippen LogP contribution in [0.1, 0.15) is 58.1 Å². The van der Waals surface area contributed by atoms with Gasteiger partial charge in [0, 0.05) is 12.8 Å². The second kappa shape index (κ2) is 9.63. The predicted molar refractivity (Wildman–Crippen MR) is 90.1 cm³/mol. The highest BCUT2D eigenvalue weighted by Gasteiger charge is 2.39. The highest BCUT2D eigenvalue weighted by atomic mass is 19.1. The van der Waals surface area contributed by atoms with Crippen LogP contribution in [0.15, 0.2) is 15.8 Å². The van der Waals surface area contributed by atoms with Gasteiger partial charge in [-0.05, 0) is 6.42 Å². The molecule has 0 radical (unpaired) electrons. The Morgan fingerprint density at radius 2 is 2.12 bits per heavy atom. The number of H-pyrrole nitrogens is 1. The van der Waals surface area contributed by atoms with E-state index >= 15 is 0 Å². The number of nitrogens with zero attached hydrogens (tertiary/aromatic N) is 1. The Hall–Kier alpha value is -2.00. The molecule has 1 aromatic heterocycles. The highest BCUT2D eigenvalue weighted by Crippen LogP contribution is 2.30. The SMILES string of the molecule is CCCCCCCC(=O)O[C@H]1C[C@H](n2cc(F)c(=O)[nH]c2=O)O[C@@H]1CO. The minimum absolute atomic E-state index is 0.0815. The number of unbranched alkanes of at least 4 members (excludes halogenated alkanes) is 4. The number of carbonyl (C=O) groups is 1. The van der Waals surface area contributed by atoms with Crippen LogP contribution in [-0.4, -0.2) is 39.4 Å². The molecule has 0 amide bonds. The summed E-state index contributed by atoms with van der Waals surface area (Å²) < 4.78 is 25.2. The molecule has 1 aliphatic rings. The van der Waals surface area contributed by atoms with E-state index in [-0.39, 0.29) is 12.8 Å². The molecular formula is C17H25FN2O6. The zero-order valence-electron chi connectivity index (χ0n) is 14.8. The predicted octanol–water partition coefficient (Wildman–Crippen LogP) is 1.23. The number of ether oxygens (including phenoxy) is 2. The first-order valence-electron chi connectivity index (χ1n) is 8.93. The topological polar surface area (TPSA) is 111 Å². The smallest absolute Gasteiger partial charge is 0.330 e. The average Bonchev–Trinajstić information content (AvgIpc) is 3.00. The summed E-state index contributed by atoms with van der Waals surface area (Å²) in [6.45, 7) is 1.70. The van der Waals surface area contributed by atoms with E-state index in [1.165, 1.54) is 0 Å². The fourth-order valence-electron chi connectivity index (χ4n) is 2.93. The van der Waals surface area contributed by atoms with Gasteiger partial charge in [0.2, 0.25) is 5.82 Å². The van der Waals surface area contributed by atoms with Crippen molar-refractivity contribution in [3.8, 4) is 0 Å². The van der Waals surface area contributed by atoms with Crippen LogP contribution in [0.5, 0.6) is 0 Å². The number of aliphatic hydroxyl groups excluding tert-OH is 1. The molecule has 0 aliphatic carbocycles. The van der Waals surface area contributed by atoms with Crippen molar-refractivity contribution >= 4 is 5.97 Å². The number of halogens is 1. The lowest BCUT2D eigenvalue weighted by atomic mass is 10.1. The van der Waals surface area contributed by atoms with Crippen LogP contribution in [0.4, 0.5) is 4.39 Å². The van der Waals surface area contributed by atoms with Gasteiger partial charge >= 0.3 is 11.7 Å². The van der Waals surface area contributed by atoms with E-state index in [0.29, 0.717) is 0 Å². The minimum atomic E-state index is -1.12. The van der Waals surface area contributed by atoms with Gasteiger partial charge in [-0.1, -0.05) is 32.6 Å². The Morgan fingerprint density at radius 1 is 1.38 bits per heavy atom. The van der Waals surface area contributed by atoms with E-state index in [2.05, 4.69) is 6.92 Å². The fourth-order valence-corrected chi connectivity index (χ4v) is 2.93. The second-order valence-electron chi connectivity index (χ2n) is 6.38. The van der Waals surface area contributed by atoms with Crippen LogP contribution >= 0.6 is 0 Å². The molecule has 9 heteroatoms. The van der Waals surface area contributed by atoms with Gasteiger partial charge < -0.3 is 14.6 Å². The lowest BCUT2D eigenvalue weighted by molar-refractivity contribution is -0.153. The molecule has 1 fully saturated rings. The van der Waals surface area contributed by atoms with Crippen molar-refractivity contribution in [2.75, 3.05) is 6.61 Å². The van der Waals surface area contributed by atoms with Crippen molar-refractivity contribution in [1.29, 1.82) is 0 Å². The molecule has 1 aromatic rings. The molecule has 26 heavy (non-hydrogen) atoms. The first kappa shape index (κ1) is 20.3. The summed E-state index contributed by atoms with van der Waals surface area (Å²) in [4.78, 5) is 36.7. The maximum Gasteiger partial charge on any atom is 0.330 e. The van der Waals surface area contributed by atoms with E-state index in [9.17, 15) is 23.9 Å². The van der Waals surface area contributed by atoms with Gasteiger partial charge in [0.25, 0.3) is 5.56 Å². The molecule has 1 saturated heterocycles. The summed E-state index contributed by atoms with van der Waals surface area (Å²) in [6.07, 6.45) is 3.60. The first-order valence-corrected chi connectivity index (χ1v) is 8.93. The number of esters is 1. The molecule has 0 saturated carbocycles. The summed E-state index contributed by atoms with van der Waals surface area (Å²) in [5, 5.41) is 9.42. The van der Waals surface area contributed by atoms with Gasteiger partial charge in [-0.3, -0.25) is 19.1 Å². The van der Waals surface area contributed by atoms with Gasteiger partial charge in [0.05, 0.1) is 12.8 Å².